The topological polar surface area (TPSA) is 119 Å². The maximum Gasteiger partial charge on any atom is 0.338 e. The SMILES string of the molecule is CCCOC(=O)c1ccc(NC(=O)COC(=O)c2ccc(N3C(=O)[C@@H]4[C@@H]5C[C@@H]([C@@H]4C3=O)[C@H](c3ccccc3)C5)cc2)cc1. The highest BCUT2D eigenvalue weighted by Gasteiger charge is 2.64. The highest BCUT2D eigenvalue weighted by Crippen LogP contribution is 2.61. The molecule has 1 heterocycles. The molecule has 1 N–H and O–H groups in total. The zero-order valence-corrected chi connectivity index (χ0v) is 23.7. The van der Waals surface area contributed by atoms with Gasteiger partial charge in [0.15, 0.2) is 6.61 Å². The van der Waals surface area contributed by atoms with E-state index in [1.54, 1.807) is 24.3 Å². The summed E-state index contributed by atoms with van der Waals surface area (Å²) in [5, 5.41) is 2.61. The van der Waals surface area contributed by atoms with Crippen LogP contribution in [0.25, 0.3) is 0 Å². The third-order valence-electron chi connectivity index (χ3n) is 8.78. The van der Waals surface area contributed by atoms with E-state index in [0.717, 1.165) is 19.3 Å². The van der Waals surface area contributed by atoms with Crippen LogP contribution in [0.3, 0.4) is 0 Å². The monoisotopic (exact) mass is 580 g/mol. The molecule has 0 aromatic heterocycles. The molecule has 2 aliphatic carbocycles. The van der Waals surface area contributed by atoms with Crippen molar-refractivity contribution in [2.75, 3.05) is 23.4 Å². The first-order valence-electron chi connectivity index (χ1n) is 14.6. The van der Waals surface area contributed by atoms with Crippen molar-refractivity contribution in [3.63, 3.8) is 0 Å². The quantitative estimate of drug-likeness (QED) is 0.280. The minimum Gasteiger partial charge on any atom is -0.462 e. The normalized spacial score (nSPS) is 23.7. The van der Waals surface area contributed by atoms with Crippen molar-refractivity contribution in [2.24, 2.45) is 23.7 Å². The molecule has 3 aromatic rings. The first kappa shape index (κ1) is 28.3. The van der Waals surface area contributed by atoms with Gasteiger partial charge in [-0.05, 0) is 91.1 Å². The van der Waals surface area contributed by atoms with Crippen LogP contribution in [-0.4, -0.2) is 42.9 Å². The van der Waals surface area contributed by atoms with Gasteiger partial charge >= 0.3 is 11.9 Å². The van der Waals surface area contributed by atoms with E-state index in [4.69, 9.17) is 9.47 Å². The summed E-state index contributed by atoms with van der Waals surface area (Å²) in [6.07, 6.45) is 2.54. The number of hydrogen-bond donors (Lipinski definition) is 1. The number of nitrogens with zero attached hydrogens (tertiary/aromatic N) is 1. The molecule has 220 valence electrons. The van der Waals surface area contributed by atoms with Gasteiger partial charge in [-0.3, -0.25) is 19.3 Å². The van der Waals surface area contributed by atoms with Crippen LogP contribution in [0.5, 0.6) is 0 Å². The maximum absolute atomic E-state index is 13.6. The van der Waals surface area contributed by atoms with Gasteiger partial charge in [0.2, 0.25) is 11.8 Å². The molecule has 5 atom stereocenters. The summed E-state index contributed by atoms with van der Waals surface area (Å²) in [5.74, 6) is -1.99. The van der Waals surface area contributed by atoms with E-state index < -0.39 is 24.5 Å². The average Bonchev–Trinajstić information content (AvgIpc) is 3.70. The van der Waals surface area contributed by atoms with Crippen molar-refractivity contribution in [3.05, 3.63) is 95.6 Å². The van der Waals surface area contributed by atoms with Gasteiger partial charge in [-0.2, -0.15) is 0 Å². The summed E-state index contributed by atoms with van der Waals surface area (Å²) < 4.78 is 10.2. The van der Waals surface area contributed by atoms with E-state index in [2.05, 4.69) is 17.4 Å². The number of carbonyl (C=O) groups is 5. The molecule has 1 aliphatic heterocycles. The summed E-state index contributed by atoms with van der Waals surface area (Å²) in [5.41, 5.74) is 2.65. The van der Waals surface area contributed by atoms with Gasteiger partial charge in [0.25, 0.3) is 5.91 Å². The lowest BCUT2D eigenvalue weighted by molar-refractivity contribution is -0.123. The summed E-state index contributed by atoms with van der Waals surface area (Å²) in [7, 11) is 0. The third kappa shape index (κ3) is 5.43. The van der Waals surface area contributed by atoms with Crippen molar-refractivity contribution in [1.82, 2.24) is 0 Å². The molecular weight excluding hydrogens is 548 g/mol. The lowest BCUT2D eigenvalue weighted by Crippen LogP contribution is -2.33. The van der Waals surface area contributed by atoms with Crippen molar-refractivity contribution in [2.45, 2.75) is 32.1 Å². The molecule has 3 aromatic carbocycles. The van der Waals surface area contributed by atoms with Gasteiger partial charge < -0.3 is 14.8 Å². The number of fused-ring (bicyclic) bond motifs is 5. The lowest BCUT2D eigenvalue weighted by atomic mass is 9.73. The van der Waals surface area contributed by atoms with Crippen LogP contribution in [0.2, 0.25) is 0 Å². The Morgan fingerprint density at radius 2 is 1.42 bits per heavy atom. The molecule has 6 rings (SSSR count). The molecule has 9 nitrogen and oxygen atoms in total. The molecule has 0 spiro atoms. The molecule has 0 radical (unpaired) electrons. The fourth-order valence-electron chi connectivity index (χ4n) is 6.92. The number of anilines is 2. The number of hydrogen-bond acceptors (Lipinski definition) is 7. The second-order valence-corrected chi connectivity index (χ2v) is 11.4. The van der Waals surface area contributed by atoms with Gasteiger partial charge in [-0.25, -0.2) is 9.59 Å². The largest absolute Gasteiger partial charge is 0.462 e. The molecule has 0 unspecified atom stereocenters. The average molecular weight is 581 g/mol. The summed E-state index contributed by atoms with van der Waals surface area (Å²) in [4.78, 5) is 65.1. The van der Waals surface area contributed by atoms with Gasteiger partial charge in [0.1, 0.15) is 0 Å². The molecule has 2 saturated carbocycles. The Hall–Kier alpha value is -4.79. The zero-order chi connectivity index (χ0) is 30.1. The van der Waals surface area contributed by atoms with E-state index in [1.165, 1.54) is 34.7 Å². The summed E-state index contributed by atoms with van der Waals surface area (Å²) in [6.45, 7) is 1.72. The van der Waals surface area contributed by atoms with Crippen molar-refractivity contribution < 1.29 is 33.4 Å². The van der Waals surface area contributed by atoms with E-state index in [1.807, 2.05) is 25.1 Å². The van der Waals surface area contributed by atoms with Crippen molar-refractivity contribution >= 4 is 41.0 Å². The molecule has 1 saturated heterocycles. The van der Waals surface area contributed by atoms with Gasteiger partial charge in [-0.15, -0.1) is 0 Å². The van der Waals surface area contributed by atoms with Crippen LogP contribution in [-0.2, 0) is 23.9 Å². The second-order valence-electron chi connectivity index (χ2n) is 11.4. The highest BCUT2D eigenvalue weighted by atomic mass is 16.5. The minimum absolute atomic E-state index is 0.152. The van der Waals surface area contributed by atoms with Crippen LogP contribution in [0, 0.1) is 23.7 Å². The van der Waals surface area contributed by atoms with Crippen LogP contribution < -0.4 is 10.2 Å². The Morgan fingerprint density at radius 1 is 0.791 bits per heavy atom. The lowest BCUT2D eigenvalue weighted by Gasteiger charge is -2.28. The van der Waals surface area contributed by atoms with Crippen molar-refractivity contribution in [1.29, 1.82) is 0 Å². The molecule has 3 amide bonds. The minimum atomic E-state index is -0.713. The highest BCUT2D eigenvalue weighted by molar-refractivity contribution is 6.22. The van der Waals surface area contributed by atoms with E-state index in [0.29, 0.717) is 23.5 Å². The fraction of sp³-hybridized carbons (Fsp3) is 0.324. The van der Waals surface area contributed by atoms with Crippen LogP contribution >= 0.6 is 0 Å². The number of esters is 2. The second kappa shape index (κ2) is 11.8. The molecular formula is C34H32N2O7. The van der Waals surface area contributed by atoms with Gasteiger partial charge in [0.05, 0.1) is 35.3 Å². The summed E-state index contributed by atoms with van der Waals surface area (Å²) >= 11 is 0. The van der Waals surface area contributed by atoms with Crippen LogP contribution in [0.4, 0.5) is 11.4 Å². The fourth-order valence-corrected chi connectivity index (χ4v) is 6.92. The number of rotatable bonds is 9. The number of carbonyl (C=O) groups excluding carboxylic acids is 5. The number of benzene rings is 3. The Kier molecular flexibility index (Phi) is 7.80. The summed E-state index contributed by atoms with van der Waals surface area (Å²) in [6, 6.07) is 22.5. The first-order chi connectivity index (χ1) is 20.9. The van der Waals surface area contributed by atoms with Crippen molar-refractivity contribution in [3.8, 4) is 0 Å². The number of imide groups is 1. The van der Waals surface area contributed by atoms with Crippen LogP contribution in [0.15, 0.2) is 78.9 Å². The predicted octanol–water partition coefficient (Wildman–Crippen LogP) is 4.98. The Labute approximate surface area is 249 Å². The van der Waals surface area contributed by atoms with Crippen LogP contribution in [0.1, 0.15) is 58.4 Å². The maximum atomic E-state index is 13.6. The van der Waals surface area contributed by atoms with E-state index in [9.17, 15) is 24.0 Å². The third-order valence-corrected chi connectivity index (χ3v) is 8.78. The predicted molar refractivity (Wildman–Crippen MR) is 157 cm³/mol. The first-order valence-corrected chi connectivity index (χ1v) is 14.6. The van der Waals surface area contributed by atoms with E-state index >= 15 is 0 Å². The Morgan fingerprint density at radius 3 is 2.09 bits per heavy atom. The van der Waals surface area contributed by atoms with Gasteiger partial charge in [-0.1, -0.05) is 37.3 Å². The Bertz CT molecular complexity index is 1550. The molecule has 43 heavy (non-hydrogen) atoms. The van der Waals surface area contributed by atoms with E-state index in [-0.39, 0.29) is 47.0 Å². The number of ether oxygens (including phenoxy) is 2. The molecule has 9 heteroatoms. The Balaban J connectivity index is 1.04. The molecule has 3 fully saturated rings. The number of nitrogens with one attached hydrogen (secondary N) is 1. The smallest absolute Gasteiger partial charge is 0.338 e. The molecule has 2 bridgehead atoms. The molecule has 3 aliphatic rings. The number of amides is 3. The zero-order valence-electron chi connectivity index (χ0n) is 23.7. The standard InChI is InChI=1S/C34H32N2O7/c1-2-16-42-33(40)21-8-12-24(13-9-21)35-28(37)19-43-34(41)22-10-14-25(15-11-22)36-31(38)29-23-17-26(20-6-4-3-5-7-20)27(18-23)30(29)32(36)39/h3-15,23,26-27,29-30H,2,16-19H2,1H3,(H,35,37)/t23-,26-,27+,29+,30-/m0/s1. The van der Waals surface area contributed by atoms with Gasteiger partial charge in [0, 0.05) is 5.69 Å².